The van der Waals surface area contributed by atoms with Crippen LogP contribution in [0, 0.1) is 0 Å². The number of rotatable bonds is 8. The Morgan fingerprint density at radius 2 is 1.03 bits per heavy atom. The molecule has 13 rings (SSSR count). The zero-order chi connectivity index (χ0) is 45.9. The highest BCUT2D eigenvalue weighted by molar-refractivity contribution is 6.12. The Balaban J connectivity index is 0.971. The van der Waals surface area contributed by atoms with Crippen LogP contribution in [-0.4, -0.2) is 0 Å². The summed E-state index contributed by atoms with van der Waals surface area (Å²) in [7, 11) is 0. The van der Waals surface area contributed by atoms with E-state index in [2.05, 4.69) is 248 Å². The smallest absolute Gasteiger partial charge is 0.0540 e. The van der Waals surface area contributed by atoms with Gasteiger partial charge in [-0.3, -0.25) is 0 Å². The summed E-state index contributed by atoms with van der Waals surface area (Å²) in [6.45, 7) is 2.40. The van der Waals surface area contributed by atoms with Crippen molar-refractivity contribution in [3.8, 4) is 44.5 Å². The van der Waals surface area contributed by atoms with Crippen molar-refractivity contribution >= 4 is 49.4 Å². The van der Waals surface area contributed by atoms with Gasteiger partial charge in [0.15, 0.2) is 0 Å². The van der Waals surface area contributed by atoms with Gasteiger partial charge in [0, 0.05) is 22.4 Å². The van der Waals surface area contributed by atoms with Gasteiger partial charge in [0.1, 0.15) is 0 Å². The Hall–Kier alpha value is -8.00. The van der Waals surface area contributed by atoms with Gasteiger partial charge < -0.3 is 4.90 Å². The number of anilines is 3. The maximum Gasteiger partial charge on any atom is 0.0540 e. The normalized spacial score (nSPS) is 15.6. The maximum atomic E-state index is 2.50. The molecule has 1 saturated carbocycles. The number of hydrogen-bond donors (Lipinski definition) is 0. The van der Waals surface area contributed by atoms with Crippen molar-refractivity contribution in [2.75, 3.05) is 4.90 Å². The highest BCUT2D eigenvalue weighted by Crippen LogP contribution is 2.53. The molecule has 0 aromatic heterocycles. The predicted molar refractivity (Wildman–Crippen MR) is 293 cm³/mol. The largest absolute Gasteiger partial charge is 0.310 e. The quantitative estimate of drug-likeness (QED) is 0.137. The summed E-state index contributed by atoms with van der Waals surface area (Å²) in [5.41, 5.74) is 18.7. The molecule has 330 valence electrons. The molecule has 1 fully saturated rings. The van der Waals surface area contributed by atoms with Crippen molar-refractivity contribution in [2.24, 2.45) is 0 Å². The van der Waals surface area contributed by atoms with Crippen molar-refractivity contribution < 1.29 is 0 Å². The van der Waals surface area contributed by atoms with Crippen molar-refractivity contribution in [3.05, 3.63) is 259 Å². The minimum atomic E-state index is -0.260. The third-order valence-electron chi connectivity index (χ3n) is 15.7. The third kappa shape index (κ3) is 6.90. The molecular weight excluding hydrogens is 831 g/mol. The molecule has 0 N–H and O–H groups in total. The van der Waals surface area contributed by atoms with Crippen LogP contribution in [0.3, 0.4) is 0 Å². The lowest BCUT2D eigenvalue weighted by atomic mass is 9.74. The molecule has 0 aliphatic heterocycles. The number of fused-ring (bicyclic) bond motifs is 7. The summed E-state index contributed by atoms with van der Waals surface area (Å²) < 4.78 is 0. The topological polar surface area (TPSA) is 3.24 Å². The Morgan fingerprint density at radius 1 is 0.377 bits per heavy atom. The van der Waals surface area contributed by atoms with Gasteiger partial charge in [-0.25, -0.2) is 0 Å². The van der Waals surface area contributed by atoms with Crippen molar-refractivity contribution in [1.29, 1.82) is 0 Å². The molecule has 0 bridgehead atoms. The van der Waals surface area contributed by atoms with Crippen LogP contribution in [0.1, 0.15) is 67.2 Å². The lowest BCUT2D eigenvalue weighted by Gasteiger charge is -2.30. The van der Waals surface area contributed by atoms with Crippen LogP contribution in [0.15, 0.2) is 237 Å². The lowest BCUT2D eigenvalue weighted by molar-refractivity contribution is 0.445. The van der Waals surface area contributed by atoms with E-state index in [1.165, 1.54) is 131 Å². The first-order chi connectivity index (χ1) is 34.1. The Kier molecular flexibility index (Phi) is 10.1. The first-order valence-electron chi connectivity index (χ1n) is 24.9. The van der Waals surface area contributed by atoms with E-state index in [1.807, 2.05) is 0 Å². The average Bonchev–Trinajstić information content (AvgIpc) is 3.69. The van der Waals surface area contributed by atoms with Crippen molar-refractivity contribution in [1.82, 2.24) is 0 Å². The summed E-state index contributed by atoms with van der Waals surface area (Å²) in [5, 5.41) is 7.79. The summed E-state index contributed by atoms with van der Waals surface area (Å²) in [4.78, 5) is 2.50. The van der Waals surface area contributed by atoms with E-state index in [0.29, 0.717) is 5.92 Å². The van der Waals surface area contributed by atoms with Crippen LogP contribution in [-0.2, 0) is 5.41 Å². The molecule has 0 heterocycles. The fourth-order valence-electron chi connectivity index (χ4n) is 12.3. The maximum absolute atomic E-state index is 2.50. The van der Waals surface area contributed by atoms with Crippen molar-refractivity contribution in [3.63, 3.8) is 0 Å². The van der Waals surface area contributed by atoms with E-state index < -0.39 is 0 Å². The summed E-state index contributed by atoms with van der Waals surface area (Å²) in [6.07, 6.45) is 6.46. The van der Waals surface area contributed by atoms with Crippen LogP contribution < -0.4 is 4.90 Å². The molecule has 0 radical (unpaired) electrons. The molecule has 1 nitrogen and oxygen atoms in total. The molecule has 0 amide bonds. The van der Waals surface area contributed by atoms with E-state index in [0.717, 1.165) is 17.1 Å². The number of nitrogens with zero attached hydrogens (tertiary/aromatic N) is 1. The second-order valence-corrected chi connectivity index (χ2v) is 19.5. The van der Waals surface area contributed by atoms with Gasteiger partial charge in [-0.05, 0) is 156 Å². The number of para-hydroxylation sites is 1. The fourth-order valence-corrected chi connectivity index (χ4v) is 12.3. The minimum absolute atomic E-state index is 0.260. The van der Waals surface area contributed by atoms with Gasteiger partial charge in [-0.2, -0.15) is 0 Å². The molecule has 2 aliphatic rings. The molecule has 1 unspecified atom stereocenters. The van der Waals surface area contributed by atoms with Crippen LogP contribution in [0.25, 0.3) is 76.8 Å². The van der Waals surface area contributed by atoms with E-state index in [4.69, 9.17) is 0 Å². The van der Waals surface area contributed by atoms with Gasteiger partial charge in [-0.15, -0.1) is 0 Å². The minimum Gasteiger partial charge on any atom is -0.310 e. The Labute approximate surface area is 406 Å². The zero-order valence-corrected chi connectivity index (χ0v) is 39.1. The monoisotopic (exact) mass is 883 g/mol. The van der Waals surface area contributed by atoms with Gasteiger partial charge in [0.05, 0.1) is 5.69 Å². The SMILES string of the molecule is CC1(c2ccccc2)c2ccccc2-c2ccc(-c3ccc(N(c4cccc(-c5cccc6c5ccc5ccccc56)c4)c4ccccc4-c4cccc5cccc(C6CCCCC6)c45)cc3)cc21. The molecule has 1 heteroatoms. The first kappa shape index (κ1) is 41.2. The lowest BCUT2D eigenvalue weighted by Crippen LogP contribution is -2.22. The molecule has 2 aliphatic carbocycles. The number of benzene rings is 11. The predicted octanol–water partition coefficient (Wildman–Crippen LogP) is 19.0. The molecule has 0 spiro atoms. The van der Waals surface area contributed by atoms with Gasteiger partial charge >= 0.3 is 0 Å². The standard InChI is InChI=1S/C68H53N/c1-68(52-24-6-3-7-25-52)64-34-12-10-28-60(64)61-43-39-50(45-65(61)68)46-36-40-53(41-37-46)69(54-26-14-23-51(44-54)56-30-17-32-58-55-27-9-8-20-48(55)38-42-59(56)58)66-35-13-11-29-62(66)63-33-16-22-49-21-15-31-57(67(49)63)47-18-4-2-5-19-47/h3,6-17,20-45,47H,2,4-5,18-19H2,1H3. The van der Waals surface area contributed by atoms with Crippen LogP contribution >= 0.6 is 0 Å². The molecule has 11 aromatic carbocycles. The second-order valence-electron chi connectivity index (χ2n) is 19.5. The summed E-state index contributed by atoms with van der Waals surface area (Å²) in [6, 6.07) is 88.7. The van der Waals surface area contributed by atoms with E-state index in [9.17, 15) is 0 Å². The Morgan fingerprint density at radius 3 is 1.90 bits per heavy atom. The van der Waals surface area contributed by atoms with E-state index >= 15 is 0 Å². The van der Waals surface area contributed by atoms with Gasteiger partial charge in [-0.1, -0.05) is 219 Å². The second kappa shape index (κ2) is 17.0. The zero-order valence-electron chi connectivity index (χ0n) is 39.1. The molecular formula is C68H53N. The van der Waals surface area contributed by atoms with Crippen LogP contribution in [0.4, 0.5) is 17.1 Å². The summed E-state index contributed by atoms with van der Waals surface area (Å²) >= 11 is 0. The highest BCUT2D eigenvalue weighted by Gasteiger charge is 2.40. The average molecular weight is 884 g/mol. The highest BCUT2D eigenvalue weighted by atomic mass is 15.1. The molecule has 11 aromatic rings. The summed E-state index contributed by atoms with van der Waals surface area (Å²) in [5.74, 6) is 0.577. The van der Waals surface area contributed by atoms with Crippen molar-refractivity contribution in [2.45, 2.75) is 50.4 Å². The fraction of sp³-hybridized carbons (Fsp3) is 0.118. The molecule has 69 heavy (non-hydrogen) atoms. The van der Waals surface area contributed by atoms with Gasteiger partial charge in [0.2, 0.25) is 0 Å². The molecule has 0 saturated heterocycles. The van der Waals surface area contributed by atoms with E-state index in [-0.39, 0.29) is 5.41 Å². The number of hydrogen-bond acceptors (Lipinski definition) is 1. The first-order valence-corrected chi connectivity index (χ1v) is 24.9. The van der Waals surface area contributed by atoms with E-state index in [1.54, 1.807) is 0 Å². The van der Waals surface area contributed by atoms with Crippen LogP contribution in [0.5, 0.6) is 0 Å². The van der Waals surface area contributed by atoms with Crippen LogP contribution in [0.2, 0.25) is 0 Å². The molecule has 1 atom stereocenters. The third-order valence-corrected chi connectivity index (χ3v) is 15.7. The van der Waals surface area contributed by atoms with Gasteiger partial charge in [0.25, 0.3) is 0 Å². The Bertz CT molecular complexity index is 3720.